The number of para-hydroxylation sites is 2. The highest BCUT2D eigenvalue weighted by Crippen LogP contribution is 2.33. The Balaban J connectivity index is 1.59. The molecular weight excluding hydrogens is 398 g/mol. The molecule has 0 aliphatic carbocycles. The topological polar surface area (TPSA) is 68.3 Å². The molecule has 4 aromatic rings. The van der Waals surface area contributed by atoms with Crippen LogP contribution in [0.2, 0.25) is 0 Å². The highest BCUT2D eigenvalue weighted by molar-refractivity contribution is 6.11. The van der Waals surface area contributed by atoms with Gasteiger partial charge >= 0.3 is 0 Å². The van der Waals surface area contributed by atoms with Gasteiger partial charge in [-0.2, -0.15) is 0 Å². The summed E-state index contributed by atoms with van der Waals surface area (Å²) < 4.78 is 2.15. The number of fused-ring (bicyclic) bond motifs is 3. The van der Waals surface area contributed by atoms with Gasteiger partial charge < -0.3 is 15.2 Å². The molecule has 2 amide bonds. The number of benzene rings is 3. The quantitative estimate of drug-likeness (QED) is 0.518. The smallest absolute Gasteiger partial charge is 0.258 e. The average Bonchev–Trinajstić information content (AvgIpc) is 3.21. The van der Waals surface area contributed by atoms with E-state index in [4.69, 9.17) is 5.73 Å². The Labute approximate surface area is 186 Å². The van der Waals surface area contributed by atoms with Crippen LogP contribution in [0.5, 0.6) is 0 Å². The Morgan fingerprint density at radius 1 is 0.844 bits per heavy atom. The van der Waals surface area contributed by atoms with Gasteiger partial charge in [0.15, 0.2) is 0 Å². The Morgan fingerprint density at radius 2 is 1.59 bits per heavy atom. The fraction of sp³-hybridized carbons (Fsp3) is 0.111. The molecule has 0 unspecified atom stereocenters. The predicted octanol–water partition coefficient (Wildman–Crippen LogP) is 4.75. The zero-order chi connectivity index (χ0) is 22.2. The molecule has 158 valence electrons. The van der Waals surface area contributed by atoms with Crippen LogP contribution in [0.25, 0.3) is 16.8 Å². The molecule has 1 aliphatic heterocycles. The number of nitrogens with zero attached hydrogens (tertiary/aromatic N) is 2. The van der Waals surface area contributed by atoms with Crippen LogP contribution in [-0.4, -0.2) is 22.9 Å². The van der Waals surface area contributed by atoms with Crippen molar-refractivity contribution in [2.24, 2.45) is 5.73 Å². The van der Waals surface area contributed by atoms with Gasteiger partial charge in [-0.15, -0.1) is 0 Å². The number of nitrogens with two attached hydrogens (primary N) is 1. The lowest BCUT2D eigenvalue weighted by molar-refractivity contribution is 0.0983. The molecule has 0 bridgehead atoms. The fourth-order valence-corrected chi connectivity index (χ4v) is 4.48. The molecule has 0 radical (unpaired) electrons. The van der Waals surface area contributed by atoms with E-state index in [1.165, 1.54) is 5.69 Å². The second-order valence-electron chi connectivity index (χ2n) is 8.00. The number of hydrogen-bond donors (Lipinski definition) is 1. The Morgan fingerprint density at radius 3 is 2.38 bits per heavy atom. The van der Waals surface area contributed by atoms with Crippen LogP contribution in [-0.2, 0) is 6.42 Å². The molecule has 2 heterocycles. The van der Waals surface area contributed by atoms with Crippen LogP contribution in [0, 0.1) is 6.92 Å². The second kappa shape index (κ2) is 7.85. The molecule has 2 N–H and O–H groups in total. The fourth-order valence-electron chi connectivity index (χ4n) is 4.48. The maximum absolute atomic E-state index is 13.9. The summed E-state index contributed by atoms with van der Waals surface area (Å²) in [5, 5.41) is 0. The van der Waals surface area contributed by atoms with Gasteiger partial charge in [-0.1, -0.05) is 42.5 Å². The van der Waals surface area contributed by atoms with E-state index in [2.05, 4.69) is 10.6 Å². The summed E-state index contributed by atoms with van der Waals surface area (Å²) in [4.78, 5) is 27.4. The van der Waals surface area contributed by atoms with Crippen molar-refractivity contribution >= 4 is 17.5 Å². The molecule has 0 saturated heterocycles. The van der Waals surface area contributed by atoms with Gasteiger partial charge in [-0.25, -0.2) is 0 Å². The molecule has 3 aromatic carbocycles. The molecule has 5 rings (SSSR count). The van der Waals surface area contributed by atoms with Crippen LogP contribution in [0.1, 0.15) is 32.0 Å². The SMILES string of the molecule is Cc1cc(-c2ccccc2C(=O)N2CCc3cccn3-c3ccccc32)ccc1C(N)=O. The molecular formula is C27H23N3O2. The van der Waals surface area contributed by atoms with Crippen LogP contribution >= 0.6 is 0 Å². The summed E-state index contributed by atoms with van der Waals surface area (Å²) in [6, 6.07) is 25.2. The standard InChI is InChI=1S/C27H23N3O2/c1-18-17-19(12-13-21(18)26(28)31)22-8-2-3-9-23(22)27(32)30-16-14-20-7-6-15-29(20)24-10-4-5-11-25(24)30/h2-13,15,17H,14,16H2,1H3,(H2,28,31). The van der Waals surface area contributed by atoms with Crippen molar-refractivity contribution in [1.82, 2.24) is 4.57 Å². The number of hydrogen-bond acceptors (Lipinski definition) is 2. The first-order valence-electron chi connectivity index (χ1n) is 10.6. The number of amides is 2. The highest BCUT2D eigenvalue weighted by atomic mass is 16.2. The number of aryl methyl sites for hydroxylation is 1. The van der Waals surface area contributed by atoms with Gasteiger partial charge in [0, 0.05) is 36.0 Å². The summed E-state index contributed by atoms with van der Waals surface area (Å²) in [5.41, 5.74) is 12.1. The normalized spacial score (nSPS) is 12.6. The van der Waals surface area contributed by atoms with Crippen molar-refractivity contribution < 1.29 is 9.59 Å². The van der Waals surface area contributed by atoms with Crippen molar-refractivity contribution in [3.63, 3.8) is 0 Å². The van der Waals surface area contributed by atoms with Crippen molar-refractivity contribution in [1.29, 1.82) is 0 Å². The van der Waals surface area contributed by atoms with E-state index in [0.717, 1.165) is 34.5 Å². The van der Waals surface area contributed by atoms with E-state index in [1.54, 1.807) is 6.07 Å². The lowest BCUT2D eigenvalue weighted by Crippen LogP contribution is -2.32. The van der Waals surface area contributed by atoms with E-state index < -0.39 is 5.91 Å². The van der Waals surface area contributed by atoms with Gasteiger partial charge in [0.05, 0.1) is 11.4 Å². The van der Waals surface area contributed by atoms with Crippen molar-refractivity contribution in [2.75, 3.05) is 11.4 Å². The van der Waals surface area contributed by atoms with E-state index in [-0.39, 0.29) is 5.91 Å². The molecule has 0 fully saturated rings. The molecule has 0 saturated carbocycles. The second-order valence-corrected chi connectivity index (χ2v) is 8.00. The zero-order valence-electron chi connectivity index (χ0n) is 17.8. The zero-order valence-corrected chi connectivity index (χ0v) is 17.8. The highest BCUT2D eigenvalue weighted by Gasteiger charge is 2.26. The van der Waals surface area contributed by atoms with Crippen molar-refractivity contribution in [3.05, 3.63) is 107 Å². The number of carbonyl (C=O) groups is 2. The maximum Gasteiger partial charge on any atom is 0.258 e. The first kappa shape index (κ1) is 19.8. The van der Waals surface area contributed by atoms with Gasteiger partial charge in [0.2, 0.25) is 5.91 Å². The number of anilines is 1. The lowest BCUT2D eigenvalue weighted by Gasteiger charge is -2.24. The molecule has 0 spiro atoms. The minimum atomic E-state index is -0.455. The molecule has 1 aliphatic rings. The third-order valence-electron chi connectivity index (χ3n) is 6.06. The predicted molar refractivity (Wildman–Crippen MR) is 126 cm³/mol. The molecule has 0 atom stereocenters. The van der Waals surface area contributed by atoms with Gasteiger partial charge in [0.25, 0.3) is 5.91 Å². The third kappa shape index (κ3) is 3.28. The maximum atomic E-state index is 13.9. The molecule has 32 heavy (non-hydrogen) atoms. The van der Waals surface area contributed by atoms with E-state index >= 15 is 0 Å². The van der Waals surface area contributed by atoms with E-state index in [0.29, 0.717) is 17.7 Å². The summed E-state index contributed by atoms with van der Waals surface area (Å²) in [6.07, 6.45) is 2.81. The Hall–Kier alpha value is -4.12. The first-order chi connectivity index (χ1) is 15.5. The number of primary amides is 1. The molecule has 5 heteroatoms. The minimum absolute atomic E-state index is 0.0459. The van der Waals surface area contributed by atoms with Gasteiger partial charge in [-0.05, 0) is 60.0 Å². The summed E-state index contributed by atoms with van der Waals surface area (Å²) in [5.74, 6) is -0.501. The number of rotatable bonds is 3. The Kier molecular flexibility index (Phi) is 4.86. The van der Waals surface area contributed by atoms with E-state index in [9.17, 15) is 9.59 Å². The van der Waals surface area contributed by atoms with E-state index in [1.807, 2.05) is 84.8 Å². The number of carbonyl (C=O) groups excluding carboxylic acids is 2. The van der Waals surface area contributed by atoms with Gasteiger partial charge in [-0.3, -0.25) is 9.59 Å². The van der Waals surface area contributed by atoms with Crippen LogP contribution in [0.3, 0.4) is 0 Å². The van der Waals surface area contributed by atoms with Crippen LogP contribution in [0.15, 0.2) is 85.1 Å². The van der Waals surface area contributed by atoms with Crippen LogP contribution < -0.4 is 10.6 Å². The number of aromatic nitrogens is 1. The lowest BCUT2D eigenvalue weighted by atomic mass is 9.95. The summed E-state index contributed by atoms with van der Waals surface area (Å²) in [7, 11) is 0. The minimum Gasteiger partial charge on any atom is -0.366 e. The first-order valence-corrected chi connectivity index (χ1v) is 10.6. The average molecular weight is 422 g/mol. The molecule has 1 aromatic heterocycles. The monoisotopic (exact) mass is 421 g/mol. The largest absolute Gasteiger partial charge is 0.366 e. The van der Waals surface area contributed by atoms with Crippen LogP contribution in [0.4, 0.5) is 5.69 Å². The van der Waals surface area contributed by atoms with Crippen molar-refractivity contribution in [3.8, 4) is 16.8 Å². The third-order valence-corrected chi connectivity index (χ3v) is 6.06. The van der Waals surface area contributed by atoms with Crippen molar-refractivity contribution in [2.45, 2.75) is 13.3 Å². The summed E-state index contributed by atoms with van der Waals surface area (Å²) >= 11 is 0. The summed E-state index contributed by atoms with van der Waals surface area (Å²) in [6.45, 7) is 2.45. The van der Waals surface area contributed by atoms with Gasteiger partial charge in [0.1, 0.15) is 0 Å². The molecule has 5 nitrogen and oxygen atoms in total. The Bertz CT molecular complexity index is 1350.